The molecule has 0 aromatic heterocycles. The predicted octanol–water partition coefficient (Wildman–Crippen LogP) is 3.37. The van der Waals surface area contributed by atoms with E-state index >= 15 is 0 Å². The lowest BCUT2D eigenvalue weighted by molar-refractivity contribution is 0.195. The zero-order valence-corrected chi connectivity index (χ0v) is 12.8. The largest absolute Gasteiger partial charge is 0.385 e. The second kappa shape index (κ2) is 5.72. The van der Waals surface area contributed by atoms with Crippen LogP contribution in [0, 0.1) is 6.92 Å². The highest BCUT2D eigenvalue weighted by Crippen LogP contribution is 2.36. The van der Waals surface area contributed by atoms with Gasteiger partial charge in [-0.25, -0.2) is 0 Å². The third-order valence-corrected chi connectivity index (χ3v) is 4.58. The van der Waals surface area contributed by atoms with Gasteiger partial charge < -0.3 is 10.5 Å². The molecule has 0 bridgehead atoms. The fourth-order valence-corrected chi connectivity index (χ4v) is 2.86. The minimum atomic E-state index is 0.0818. The van der Waals surface area contributed by atoms with E-state index in [-0.39, 0.29) is 5.54 Å². The predicted molar refractivity (Wildman–Crippen MR) is 78.9 cm³/mol. The molecule has 1 aromatic carbocycles. The summed E-state index contributed by atoms with van der Waals surface area (Å²) in [6.07, 6.45) is 5.48. The van der Waals surface area contributed by atoms with Crippen LogP contribution in [-0.4, -0.2) is 19.3 Å². The van der Waals surface area contributed by atoms with Crippen molar-refractivity contribution >= 4 is 15.9 Å². The molecule has 0 radical (unpaired) electrons. The van der Waals surface area contributed by atoms with Crippen molar-refractivity contribution < 1.29 is 4.74 Å². The highest BCUT2D eigenvalue weighted by molar-refractivity contribution is 9.10. The molecular formula is C15H22BrNO. The summed E-state index contributed by atoms with van der Waals surface area (Å²) < 4.78 is 6.33. The number of hydrogen-bond acceptors (Lipinski definition) is 2. The molecule has 0 spiro atoms. The van der Waals surface area contributed by atoms with Gasteiger partial charge in [0.25, 0.3) is 0 Å². The van der Waals surface area contributed by atoms with E-state index in [1.165, 1.54) is 21.2 Å². The van der Waals surface area contributed by atoms with Gasteiger partial charge in [-0.05, 0) is 61.8 Å². The number of halogens is 1. The Labute approximate surface area is 118 Å². The molecule has 100 valence electrons. The van der Waals surface area contributed by atoms with Gasteiger partial charge in [0, 0.05) is 23.7 Å². The van der Waals surface area contributed by atoms with Crippen LogP contribution in [0.5, 0.6) is 0 Å². The van der Waals surface area contributed by atoms with E-state index in [4.69, 9.17) is 10.5 Å². The number of ether oxygens (including phenoxy) is 1. The molecule has 0 amide bonds. The monoisotopic (exact) mass is 311 g/mol. The topological polar surface area (TPSA) is 35.2 Å². The Hall–Kier alpha value is -0.380. The number of hydrogen-bond donors (Lipinski definition) is 1. The van der Waals surface area contributed by atoms with Gasteiger partial charge in [-0.2, -0.15) is 0 Å². The second-order valence-electron chi connectivity index (χ2n) is 5.50. The average molecular weight is 312 g/mol. The zero-order valence-electron chi connectivity index (χ0n) is 11.3. The van der Waals surface area contributed by atoms with Crippen molar-refractivity contribution in [2.24, 2.45) is 5.73 Å². The van der Waals surface area contributed by atoms with Crippen LogP contribution < -0.4 is 5.73 Å². The van der Waals surface area contributed by atoms with E-state index in [2.05, 4.69) is 35.0 Å². The standard InChI is InChI=1S/C15H22BrNO/c1-11-13(4-3-7-18-2)8-12(9-14(11)16)10-15(17)5-6-15/h8-9H,3-7,10,17H2,1-2H3. The molecule has 1 aromatic rings. The van der Waals surface area contributed by atoms with Crippen LogP contribution in [0.4, 0.5) is 0 Å². The molecule has 1 saturated carbocycles. The summed E-state index contributed by atoms with van der Waals surface area (Å²) in [5, 5.41) is 0. The fraction of sp³-hybridized carbons (Fsp3) is 0.600. The Morgan fingerprint density at radius 3 is 2.72 bits per heavy atom. The molecule has 1 aliphatic rings. The molecule has 0 saturated heterocycles. The van der Waals surface area contributed by atoms with Crippen LogP contribution in [0.1, 0.15) is 36.0 Å². The Balaban J connectivity index is 2.11. The number of nitrogens with two attached hydrogens (primary N) is 1. The lowest BCUT2D eigenvalue weighted by atomic mass is 9.97. The minimum absolute atomic E-state index is 0.0818. The molecule has 0 unspecified atom stereocenters. The molecule has 2 nitrogen and oxygen atoms in total. The third kappa shape index (κ3) is 3.56. The van der Waals surface area contributed by atoms with Crippen LogP contribution in [0.2, 0.25) is 0 Å². The Kier molecular flexibility index (Phi) is 4.46. The molecular weight excluding hydrogens is 290 g/mol. The second-order valence-corrected chi connectivity index (χ2v) is 6.35. The maximum Gasteiger partial charge on any atom is 0.0465 e. The quantitative estimate of drug-likeness (QED) is 0.818. The van der Waals surface area contributed by atoms with Gasteiger partial charge in [0.1, 0.15) is 0 Å². The number of aryl methyl sites for hydroxylation is 1. The number of benzene rings is 1. The van der Waals surface area contributed by atoms with Crippen molar-refractivity contribution in [3.63, 3.8) is 0 Å². The Morgan fingerprint density at radius 1 is 1.39 bits per heavy atom. The van der Waals surface area contributed by atoms with E-state index in [1.807, 2.05) is 0 Å². The van der Waals surface area contributed by atoms with Gasteiger partial charge in [0.2, 0.25) is 0 Å². The van der Waals surface area contributed by atoms with Gasteiger partial charge in [-0.15, -0.1) is 0 Å². The molecule has 1 fully saturated rings. The first-order valence-electron chi connectivity index (χ1n) is 6.60. The van der Waals surface area contributed by atoms with Gasteiger partial charge >= 0.3 is 0 Å². The maximum atomic E-state index is 6.20. The first-order valence-corrected chi connectivity index (χ1v) is 7.39. The third-order valence-electron chi connectivity index (χ3n) is 3.75. The molecule has 18 heavy (non-hydrogen) atoms. The van der Waals surface area contributed by atoms with Gasteiger partial charge in [-0.3, -0.25) is 0 Å². The summed E-state index contributed by atoms with van der Waals surface area (Å²) in [5.41, 5.74) is 10.4. The van der Waals surface area contributed by atoms with Crippen molar-refractivity contribution in [3.05, 3.63) is 33.3 Å². The highest BCUT2D eigenvalue weighted by Gasteiger charge is 2.38. The fourth-order valence-electron chi connectivity index (χ4n) is 2.31. The summed E-state index contributed by atoms with van der Waals surface area (Å²) in [6.45, 7) is 2.99. The normalized spacial score (nSPS) is 16.9. The van der Waals surface area contributed by atoms with Crippen molar-refractivity contribution in [2.75, 3.05) is 13.7 Å². The highest BCUT2D eigenvalue weighted by atomic mass is 79.9. The molecule has 2 N–H and O–H groups in total. The summed E-state index contributed by atoms with van der Waals surface area (Å²) >= 11 is 3.66. The van der Waals surface area contributed by atoms with E-state index < -0.39 is 0 Å². The lowest BCUT2D eigenvalue weighted by Gasteiger charge is -2.14. The maximum absolute atomic E-state index is 6.20. The van der Waals surface area contributed by atoms with Crippen LogP contribution in [0.25, 0.3) is 0 Å². The van der Waals surface area contributed by atoms with Crippen molar-refractivity contribution in [1.82, 2.24) is 0 Å². The van der Waals surface area contributed by atoms with Crippen LogP contribution >= 0.6 is 15.9 Å². The lowest BCUT2D eigenvalue weighted by Crippen LogP contribution is -2.24. The van der Waals surface area contributed by atoms with E-state index in [0.29, 0.717) is 0 Å². The summed E-state index contributed by atoms with van der Waals surface area (Å²) in [5.74, 6) is 0. The minimum Gasteiger partial charge on any atom is -0.385 e. The van der Waals surface area contributed by atoms with Gasteiger partial charge in [0.05, 0.1) is 0 Å². The molecule has 0 atom stereocenters. The van der Waals surface area contributed by atoms with Crippen LogP contribution in [0.15, 0.2) is 16.6 Å². The first kappa shape index (κ1) is 14.0. The Bertz CT molecular complexity index is 427. The van der Waals surface area contributed by atoms with Crippen molar-refractivity contribution in [3.8, 4) is 0 Å². The average Bonchev–Trinajstić information content (AvgIpc) is 3.03. The van der Waals surface area contributed by atoms with Gasteiger partial charge in [0.15, 0.2) is 0 Å². The molecule has 1 aliphatic carbocycles. The summed E-state index contributed by atoms with van der Waals surface area (Å²) in [7, 11) is 1.75. The SMILES string of the molecule is COCCCc1cc(CC2(N)CC2)cc(Br)c1C. The smallest absolute Gasteiger partial charge is 0.0465 e. The Morgan fingerprint density at radius 2 is 2.11 bits per heavy atom. The molecule has 0 heterocycles. The molecule has 3 heteroatoms. The van der Waals surface area contributed by atoms with Crippen molar-refractivity contribution in [2.45, 2.75) is 44.6 Å². The van der Waals surface area contributed by atoms with Crippen LogP contribution in [0.3, 0.4) is 0 Å². The van der Waals surface area contributed by atoms with E-state index in [1.54, 1.807) is 7.11 Å². The summed E-state index contributed by atoms with van der Waals surface area (Å²) in [4.78, 5) is 0. The van der Waals surface area contributed by atoms with Crippen LogP contribution in [-0.2, 0) is 17.6 Å². The van der Waals surface area contributed by atoms with Crippen molar-refractivity contribution in [1.29, 1.82) is 0 Å². The summed E-state index contributed by atoms with van der Waals surface area (Å²) in [6, 6.07) is 4.55. The van der Waals surface area contributed by atoms with Gasteiger partial charge in [-0.1, -0.05) is 22.0 Å². The first-order chi connectivity index (χ1) is 8.54. The number of methoxy groups -OCH3 is 1. The number of rotatable bonds is 6. The van der Waals surface area contributed by atoms with E-state index in [9.17, 15) is 0 Å². The van der Waals surface area contributed by atoms with E-state index in [0.717, 1.165) is 38.7 Å². The molecule has 2 rings (SSSR count). The zero-order chi connectivity index (χ0) is 13.2. The molecule has 0 aliphatic heterocycles.